The fourth-order valence-electron chi connectivity index (χ4n) is 2.00. The Labute approximate surface area is 89.8 Å². The normalized spacial score (nSPS) is 18.4. The summed E-state index contributed by atoms with van der Waals surface area (Å²) in [4.78, 5) is 4.26. The molecule has 0 saturated heterocycles. The molecule has 1 fully saturated rings. The minimum Gasteiger partial charge on any atom is -0.311 e. The van der Waals surface area contributed by atoms with Gasteiger partial charge < -0.3 is 5.32 Å². The largest absolute Gasteiger partial charge is 0.311 e. The number of nitrogens with zero attached hydrogens (tertiary/aromatic N) is 1. The van der Waals surface area contributed by atoms with Crippen molar-refractivity contribution in [1.29, 1.82) is 0 Å². The Morgan fingerprint density at radius 3 is 3.00 bits per heavy atom. The molecule has 1 aliphatic rings. The number of aromatic nitrogens is 1. The third-order valence-corrected chi connectivity index (χ3v) is 3.66. The SMILES string of the molecule is CCCC1(CNCc2cscn2)CC1. The average Bonchev–Trinajstić information content (AvgIpc) is 2.75. The number of rotatable bonds is 6. The van der Waals surface area contributed by atoms with Gasteiger partial charge in [-0.1, -0.05) is 13.3 Å². The first-order valence-electron chi connectivity index (χ1n) is 5.42. The highest BCUT2D eigenvalue weighted by Crippen LogP contribution is 2.48. The summed E-state index contributed by atoms with van der Waals surface area (Å²) in [6.45, 7) is 4.40. The zero-order valence-electron chi connectivity index (χ0n) is 8.75. The summed E-state index contributed by atoms with van der Waals surface area (Å²) in [7, 11) is 0. The molecule has 0 atom stereocenters. The number of hydrogen-bond donors (Lipinski definition) is 1. The van der Waals surface area contributed by atoms with E-state index >= 15 is 0 Å². The topological polar surface area (TPSA) is 24.9 Å². The molecule has 0 unspecified atom stereocenters. The van der Waals surface area contributed by atoms with Gasteiger partial charge in [-0.05, 0) is 24.7 Å². The second-order valence-corrected chi connectivity index (χ2v) is 5.05. The molecule has 0 amide bonds. The Hall–Kier alpha value is -0.410. The van der Waals surface area contributed by atoms with Crippen LogP contribution >= 0.6 is 11.3 Å². The van der Waals surface area contributed by atoms with Gasteiger partial charge in [-0.3, -0.25) is 0 Å². The summed E-state index contributed by atoms with van der Waals surface area (Å²) < 4.78 is 0. The Balaban J connectivity index is 1.68. The van der Waals surface area contributed by atoms with Gasteiger partial charge in [0.2, 0.25) is 0 Å². The van der Waals surface area contributed by atoms with Crippen molar-refractivity contribution in [2.24, 2.45) is 5.41 Å². The Kier molecular flexibility index (Phi) is 3.19. The monoisotopic (exact) mass is 210 g/mol. The molecule has 3 heteroatoms. The molecule has 1 heterocycles. The van der Waals surface area contributed by atoms with Crippen LogP contribution in [0.15, 0.2) is 10.9 Å². The molecule has 2 rings (SSSR count). The third-order valence-electron chi connectivity index (χ3n) is 3.03. The van der Waals surface area contributed by atoms with E-state index in [0.717, 1.165) is 6.54 Å². The highest BCUT2D eigenvalue weighted by Gasteiger charge is 2.40. The molecule has 14 heavy (non-hydrogen) atoms. The van der Waals surface area contributed by atoms with Crippen LogP contribution in [0.25, 0.3) is 0 Å². The van der Waals surface area contributed by atoms with E-state index in [2.05, 4.69) is 22.6 Å². The number of hydrogen-bond acceptors (Lipinski definition) is 3. The van der Waals surface area contributed by atoms with Crippen LogP contribution in [0.2, 0.25) is 0 Å². The summed E-state index contributed by atoms with van der Waals surface area (Å²) in [5.41, 5.74) is 3.74. The van der Waals surface area contributed by atoms with Crippen molar-refractivity contribution < 1.29 is 0 Å². The van der Waals surface area contributed by atoms with E-state index in [1.807, 2.05) is 5.51 Å². The third kappa shape index (κ3) is 2.55. The summed E-state index contributed by atoms with van der Waals surface area (Å²) in [6.07, 6.45) is 5.55. The fraction of sp³-hybridized carbons (Fsp3) is 0.727. The van der Waals surface area contributed by atoms with Gasteiger partial charge in [0.05, 0.1) is 11.2 Å². The van der Waals surface area contributed by atoms with E-state index in [-0.39, 0.29) is 0 Å². The predicted octanol–water partition coefficient (Wildman–Crippen LogP) is 2.81. The molecule has 0 aliphatic heterocycles. The van der Waals surface area contributed by atoms with Crippen molar-refractivity contribution in [3.05, 3.63) is 16.6 Å². The Morgan fingerprint density at radius 1 is 1.57 bits per heavy atom. The van der Waals surface area contributed by atoms with Crippen LogP contribution < -0.4 is 5.32 Å². The van der Waals surface area contributed by atoms with Crippen molar-refractivity contribution >= 4 is 11.3 Å². The maximum absolute atomic E-state index is 4.26. The lowest BCUT2D eigenvalue weighted by Crippen LogP contribution is -2.23. The summed E-state index contributed by atoms with van der Waals surface area (Å²) in [5, 5.41) is 5.64. The second-order valence-electron chi connectivity index (χ2n) is 4.33. The van der Waals surface area contributed by atoms with Crippen LogP contribution in [-0.4, -0.2) is 11.5 Å². The van der Waals surface area contributed by atoms with E-state index in [9.17, 15) is 0 Å². The zero-order chi connectivity index (χ0) is 9.86. The first kappa shape index (κ1) is 10.1. The van der Waals surface area contributed by atoms with E-state index < -0.39 is 0 Å². The van der Waals surface area contributed by atoms with Crippen molar-refractivity contribution in [2.75, 3.05) is 6.54 Å². The van der Waals surface area contributed by atoms with Crippen LogP contribution in [0.3, 0.4) is 0 Å². The van der Waals surface area contributed by atoms with Crippen LogP contribution in [0, 0.1) is 5.41 Å². The lowest BCUT2D eigenvalue weighted by atomic mass is 10.0. The lowest BCUT2D eigenvalue weighted by Gasteiger charge is -2.13. The van der Waals surface area contributed by atoms with E-state index in [4.69, 9.17) is 0 Å². The van der Waals surface area contributed by atoms with Crippen LogP contribution in [-0.2, 0) is 6.54 Å². The van der Waals surface area contributed by atoms with E-state index in [0.29, 0.717) is 5.41 Å². The number of thiazole rings is 1. The van der Waals surface area contributed by atoms with Crippen LogP contribution in [0.4, 0.5) is 0 Å². The van der Waals surface area contributed by atoms with Gasteiger partial charge in [0.15, 0.2) is 0 Å². The zero-order valence-corrected chi connectivity index (χ0v) is 9.57. The molecule has 1 aromatic rings. The minimum atomic E-state index is 0.658. The van der Waals surface area contributed by atoms with Gasteiger partial charge in [-0.15, -0.1) is 11.3 Å². The maximum atomic E-state index is 4.26. The molecule has 1 aliphatic carbocycles. The predicted molar refractivity (Wildman–Crippen MR) is 60.4 cm³/mol. The van der Waals surface area contributed by atoms with Gasteiger partial charge in [0.1, 0.15) is 0 Å². The molecular formula is C11H18N2S. The average molecular weight is 210 g/mol. The molecule has 1 saturated carbocycles. The van der Waals surface area contributed by atoms with Gasteiger partial charge in [0, 0.05) is 18.5 Å². The summed E-state index contributed by atoms with van der Waals surface area (Å²) >= 11 is 1.67. The first-order chi connectivity index (χ1) is 6.85. The first-order valence-corrected chi connectivity index (χ1v) is 6.37. The smallest absolute Gasteiger partial charge is 0.0795 e. The molecule has 0 bridgehead atoms. The summed E-state index contributed by atoms with van der Waals surface area (Å²) in [6, 6.07) is 0. The van der Waals surface area contributed by atoms with Crippen molar-refractivity contribution in [3.63, 3.8) is 0 Å². The van der Waals surface area contributed by atoms with Crippen LogP contribution in [0.1, 0.15) is 38.3 Å². The Bertz CT molecular complexity index is 265. The molecule has 1 N–H and O–H groups in total. The van der Waals surface area contributed by atoms with Gasteiger partial charge in [0.25, 0.3) is 0 Å². The molecule has 78 valence electrons. The maximum Gasteiger partial charge on any atom is 0.0795 e. The van der Waals surface area contributed by atoms with Crippen molar-refractivity contribution in [3.8, 4) is 0 Å². The fourth-order valence-corrected chi connectivity index (χ4v) is 2.56. The quantitative estimate of drug-likeness (QED) is 0.781. The molecule has 1 aromatic heterocycles. The lowest BCUT2D eigenvalue weighted by molar-refractivity contribution is 0.420. The highest BCUT2D eigenvalue weighted by molar-refractivity contribution is 7.07. The van der Waals surface area contributed by atoms with Gasteiger partial charge in [-0.25, -0.2) is 4.98 Å². The van der Waals surface area contributed by atoms with E-state index in [1.54, 1.807) is 11.3 Å². The van der Waals surface area contributed by atoms with Crippen LogP contribution in [0.5, 0.6) is 0 Å². The molecule has 2 nitrogen and oxygen atoms in total. The standard InChI is InChI=1S/C11H18N2S/c1-2-3-11(4-5-11)8-12-6-10-7-14-9-13-10/h7,9,12H,2-6,8H2,1H3. The molecule has 0 spiro atoms. The molecule has 0 aromatic carbocycles. The van der Waals surface area contributed by atoms with Gasteiger partial charge >= 0.3 is 0 Å². The van der Waals surface area contributed by atoms with Crippen molar-refractivity contribution in [1.82, 2.24) is 10.3 Å². The van der Waals surface area contributed by atoms with Gasteiger partial charge in [-0.2, -0.15) is 0 Å². The highest BCUT2D eigenvalue weighted by atomic mass is 32.1. The van der Waals surface area contributed by atoms with E-state index in [1.165, 1.54) is 37.9 Å². The summed E-state index contributed by atoms with van der Waals surface area (Å²) in [5.74, 6) is 0. The Morgan fingerprint density at radius 2 is 2.43 bits per heavy atom. The second kappa shape index (κ2) is 4.41. The molecular weight excluding hydrogens is 192 g/mol. The minimum absolute atomic E-state index is 0.658. The molecule has 0 radical (unpaired) electrons. The number of nitrogens with one attached hydrogen (secondary N) is 1. The van der Waals surface area contributed by atoms with Crippen molar-refractivity contribution in [2.45, 2.75) is 39.2 Å².